The Morgan fingerprint density at radius 2 is 2.09 bits per heavy atom. The monoisotopic (exact) mass is 344 g/mol. The number of benzene rings is 1. The summed E-state index contributed by atoms with van der Waals surface area (Å²) in [5.74, 6) is -1.51. The number of nitrogens with zero attached hydrogens (tertiary/aromatic N) is 1. The van der Waals surface area contributed by atoms with Crippen LogP contribution in [0.25, 0.3) is 0 Å². The molecule has 1 unspecified atom stereocenters. The number of oxime groups is 1. The summed E-state index contributed by atoms with van der Waals surface area (Å²) in [5.41, 5.74) is 1.15. The van der Waals surface area contributed by atoms with Crippen molar-refractivity contribution in [2.24, 2.45) is 5.16 Å². The van der Waals surface area contributed by atoms with Gasteiger partial charge in [-0.1, -0.05) is 28.4 Å². The minimum absolute atomic E-state index is 0.109. The van der Waals surface area contributed by atoms with Crippen LogP contribution < -0.4 is 5.32 Å². The molecule has 0 aromatic heterocycles. The van der Waals surface area contributed by atoms with E-state index in [0.717, 1.165) is 12.8 Å². The Morgan fingerprint density at radius 1 is 1.41 bits per heavy atom. The molecule has 1 heterocycles. The Bertz CT molecular complexity index is 613. The van der Waals surface area contributed by atoms with Crippen molar-refractivity contribution in [3.63, 3.8) is 0 Å². The zero-order valence-electron chi connectivity index (χ0n) is 11.5. The van der Waals surface area contributed by atoms with Crippen LogP contribution in [0, 0.1) is 0 Å². The van der Waals surface area contributed by atoms with Gasteiger partial charge in [0.25, 0.3) is 0 Å². The minimum Gasteiger partial charge on any atom is -0.401 e. The number of ether oxygens (including phenoxy) is 1. The summed E-state index contributed by atoms with van der Waals surface area (Å²) in [7, 11) is 0. The molecule has 0 saturated heterocycles. The average Bonchev–Trinajstić information content (AvgIpc) is 3.15. The number of aliphatic hydroxyl groups is 1. The minimum atomic E-state index is -1.51. The van der Waals surface area contributed by atoms with Crippen molar-refractivity contribution in [3.05, 3.63) is 33.8 Å². The van der Waals surface area contributed by atoms with Crippen molar-refractivity contribution in [1.82, 2.24) is 5.32 Å². The van der Waals surface area contributed by atoms with E-state index in [1.165, 1.54) is 0 Å². The number of aliphatic hydroxyl groups excluding tert-OH is 1. The molecule has 1 aromatic rings. The van der Waals surface area contributed by atoms with Crippen molar-refractivity contribution >= 4 is 35.0 Å². The largest absolute Gasteiger partial charge is 0.410 e. The fraction of sp³-hybridized carbons (Fsp3) is 0.429. The molecule has 6 nitrogen and oxygen atoms in total. The van der Waals surface area contributed by atoms with E-state index in [-0.39, 0.29) is 12.5 Å². The molecule has 1 saturated carbocycles. The van der Waals surface area contributed by atoms with Gasteiger partial charge in [0.2, 0.25) is 0 Å². The number of hydrogen-bond acceptors (Lipinski definition) is 5. The van der Waals surface area contributed by atoms with Crippen molar-refractivity contribution in [1.29, 1.82) is 0 Å². The summed E-state index contributed by atoms with van der Waals surface area (Å²) in [6.45, 7) is -0.508. The van der Waals surface area contributed by atoms with Gasteiger partial charge in [0.05, 0.1) is 12.1 Å². The zero-order valence-corrected chi connectivity index (χ0v) is 13.0. The Hall–Kier alpha value is -1.50. The van der Waals surface area contributed by atoms with Gasteiger partial charge in [0.15, 0.2) is 0 Å². The number of halogens is 2. The van der Waals surface area contributed by atoms with E-state index < -0.39 is 18.5 Å². The predicted molar refractivity (Wildman–Crippen MR) is 81.2 cm³/mol. The number of alkyl carbamates (subject to hydrolysis) is 1. The van der Waals surface area contributed by atoms with Crippen LogP contribution in [0.15, 0.2) is 23.4 Å². The Kier molecular flexibility index (Phi) is 4.16. The van der Waals surface area contributed by atoms with Crippen molar-refractivity contribution < 1.29 is 19.5 Å². The maximum atomic E-state index is 11.7. The number of nitrogens with one attached hydrogen (secondary N) is 1. The molecule has 2 N–H and O–H groups in total. The third kappa shape index (κ3) is 3.45. The molecule has 0 spiro atoms. The van der Waals surface area contributed by atoms with E-state index in [9.17, 15) is 9.90 Å². The number of carbonyl (C=O) groups is 1. The first kappa shape index (κ1) is 15.4. The number of amides is 1. The van der Waals surface area contributed by atoms with E-state index in [1.807, 2.05) is 0 Å². The zero-order chi connectivity index (χ0) is 15.7. The van der Waals surface area contributed by atoms with Crippen LogP contribution in [0.4, 0.5) is 4.79 Å². The lowest BCUT2D eigenvalue weighted by molar-refractivity contribution is -0.205. The maximum Gasteiger partial charge on any atom is 0.410 e. The van der Waals surface area contributed by atoms with Crippen molar-refractivity contribution in [2.45, 2.75) is 31.1 Å². The Balaban J connectivity index is 1.70. The molecular weight excluding hydrogens is 331 g/mol. The van der Waals surface area contributed by atoms with Gasteiger partial charge in [0.1, 0.15) is 6.61 Å². The second-order valence-corrected chi connectivity index (χ2v) is 6.21. The highest BCUT2D eigenvalue weighted by Crippen LogP contribution is 2.30. The van der Waals surface area contributed by atoms with Crippen LogP contribution in [0.1, 0.15) is 24.8 Å². The highest BCUT2D eigenvalue weighted by atomic mass is 35.5. The van der Waals surface area contributed by atoms with E-state index in [2.05, 4.69) is 10.5 Å². The van der Waals surface area contributed by atoms with Crippen LogP contribution in [0.5, 0.6) is 0 Å². The molecule has 118 valence electrons. The van der Waals surface area contributed by atoms with E-state index in [4.69, 9.17) is 32.8 Å². The summed E-state index contributed by atoms with van der Waals surface area (Å²) < 4.78 is 5.21. The summed E-state index contributed by atoms with van der Waals surface area (Å²) in [5, 5.41) is 17.0. The fourth-order valence-electron chi connectivity index (χ4n) is 2.10. The van der Waals surface area contributed by atoms with Gasteiger partial charge in [-0.05, 0) is 31.0 Å². The summed E-state index contributed by atoms with van der Waals surface area (Å²) in [6.07, 6.45) is 1.35. The van der Waals surface area contributed by atoms with Gasteiger partial charge in [0, 0.05) is 21.7 Å². The molecular formula is C14H14Cl2N2O4. The van der Waals surface area contributed by atoms with Crippen LogP contribution in [-0.4, -0.2) is 35.3 Å². The summed E-state index contributed by atoms with van der Waals surface area (Å²) in [6, 6.07) is 5.10. The highest BCUT2D eigenvalue weighted by Gasteiger charge is 2.44. The summed E-state index contributed by atoms with van der Waals surface area (Å²) in [4.78, 5) is 16.9. The number of hydrogen-bond donors (Lipinski definition) is 2. The first-order chi connectivity index (χ1) is 10.5. The first-order valence-corrected chi connectivity index (χ1v) is 7.57. The van der Waals surface area contributed by atoms with Gasteiger partial charge in [-0.25, -0.2) is 4.79 Å². The van der Waals surface area contributed by atoms with E-state index >= 15 is 0 Å². The highest BCUT2D eigenvalue weighted by molar-refractivity contribution is 6.35. The number of carbonyl (C=O) groups excluding carboxylic acids is 1. The lowest BCUT2D eigenvalue weighted by atomic mass is 10.0. The third-order valence-electron chi connectivity index (χ3n) is 3.37. The maximum absolute atomic E-state index is 11.7. The molecule has 1 aliphatic heterocycles. The third-order valence-corrected chi connectivity index (χ3v) is 3.81. The lowest BCUT2D eigenvalue weighted by Crippen LogP contribution is -2.43. The standard InChI is InChI=1S/C14H14Cl2N2O4/c15-9-3-8(4-10(16)5-9)12-6-14(7-19,22-18-12)21-13(20)17-11-1-2-11/h3-5,11,19H,1-2,6-7H2,(H,17,20). The predicted octanol–water partition coefficient (Wildman–Crippen LogP) is 2.70. The number of rotatable bonds is 4. The Labute approximate surface area is 137 Å². The molecule has 8 heteroatoms. The topological polar surface area (TPSA) is 80.2 Å². The molecule has 0 bridgehead atoms. The summed E-state index contributed by atoms with van der Waals surface area (Å²) >= 11 is 11.9. The normalized spacial score (nSPS) is 23.7. The smallest absolute Gasteiger partial charge is 0.401 e. The lowest BCUT2D eigenvalue weighted by Gasteiger charge is -2.24. The molecule has 22 heavy (non-hydrogen) atoms. The van der Waals surface area contributed by atoms with Gasteiger partial charge < -0.3 is 20.0 Å². The molecule has 1 aliphatic carbocycles. The van der Waals surface area contributed by atoms with Crippen LogP contribution in [0.2, 0.25) is 10.0 Å². The molecule has 1 aromatic carbocycles. The van der Waals surface area contributed by atoms with Gasteiger partial charge in [-0.2, -0.15) is 0 Å². The van der Waals surface area contributed by atoms with Crippen LogP contribution >= 0.6 is 23.2 Å². The molecule has 1 fully saturated rings. The van der Waals surface area contributed by atoms with E-state index in [0.29, 0.717) is 21.3 Å². The molecule has 1 atom stereocenters. The second kappa shape index (κ2) is 5.95. The molecule has 3 rings (SSSR count). The van der Waals surface area contributed by atoms with Crippen LogP contribution in [-0.2, 0) is 9.57 Å². The van der Waals surface area contributed by atoms with Crippen LogP contribution in [0.3, 0.4) is 0 Å². The molecule has 0 radical (unpaired) electrons. The Morgan fingerprint density at radius 3 is 2.68 bits per heavy atom. The van der Waals surface area contributed by atoms with Crippen molar-refractivity contribution in [2.75, 3.05) is 6.61 Å². The SMILES string of the molecule is O=C(NC1CC1)OC1(CO)CC(c2cc(Cl)cc(Cl)c2)=NO1. The fourth-order valence-corrected chi connectivity index (χ4v) is 2.62. The quantitative estimate of drug-likeness (QED) is 0.879. The van der Waals surface area contributed by atoms with Gasteiger partial charge in [-0.15, -0.1) is 0 Å². The molecule has 2 aliphatic rings. The average molecular weight is 345 g/mol. The first-order valence-electron chi connectivity index (χ1n) is 6.81. The van der Waals surface area contributed by atoms with E-state index in [1.54, 1.807) is 18.2 Å². The van der Waals surface area contributed by atoms with Gasteiger partial charge in [-0.3, -0.25) is 0 Å². The van der Waals surface area contributed by atoms with Gasteiger partial charge >= 0.3 is 11.9 Å². The van der Waals surface area contributed by atoms with Crippen molar-refractivity contribution in [3.8, 4) is 0 Å². The molecule has 1 amide bonds. The second-order valence-electron chi connectivity index (χ2n) is 5.34.